The summed E-state index contributed by atoms with van der Waals surface area (Å²) < 4.78 is 0. The number of carbonyl (C=O) groups is 2. The molecule has 0 aromatic heterocycles. The topological polar surface area (TPSA) is 40.6 Å². The number of likely N-dealkylation sites (tertiary alicyclic amines) is 1. The quantitative estimate of drug-likeness (QED) is 0.673. The zero-order chi connectivity index (χ0) is 20.7. The predicted molar refractivity (Wildman–Crippen MR) is 117 cm³/mol. The maximum atomic E-state index is 13.6. The highest BCUT2D eigenvalue weighted by atomic mass is 35.5. The Hall–Kier alpha value is -2.59. The smallest absolute Gasteiger partial charge is 0.282 e. The molecule has 2 aromatic rings. The van der Waals surface area contributed by atoms with Crippen molar-refractivity contribution in [2.45, 2.75) is 33.6 Å². The van der Waals surface area contributed by atoms with Crippen LogP contribution in [0.2, 0.25) is 5.02 Å². The van der Waals surface area contributed by atoms with Crippen LogP contribution in [0.25, 0.3) is 5.57 Å². The molecule has 0 aliphatic carbocycles. The van der Waals surface area contributed by atoms with Crippen LogP contribution in [-0.4, -0.2) is 29.8 Å². The average molecular weight is 409 g/mol. The maximum Gasteiger partial charge on any atom is 0.282 e. The van der Waals surface area contributed by atoms with Crippen LogP contribution in [0.5, 0.6) is 0 Å². The van der Waals surface area contributed by atoms with Gasteiger partial charge in [0.25, 0.3) is 11.8 Å². The molecule has 150 valence electrons. The van der Waals surface area contributed by atoms with Gasteiger partial charge in [-0.3, -0.25) is 9.59 Å². The molecule has 2 aromatic carbocycles. The van der Waals surface area contributed by atoms with Gasteiger partial charge in [-0.05, 0) is 61.9 Å². The van der Waals surface area contributed by atoms with Gasteiger partial charge in [0, 0.05) is 18.1 Å². The number of hydrogen-bond acceptors (Lipinski definition) is 3. The summed E-state index contributed by atoms with van der Waals surface area (Å²) in [7, 11) is 0. The maximum absolute atomic E-state index is 13.6. The zero-order valence-corrected chi connectivity index (χ0v) is 17.8. The monoisotopic (exact) mass is 408 g/mol. The minimum absolute atomic E-state index is 0.235. The van der Waals surface area contributed by atoms with Gasteiger partial charge in [0.15, 0.2) is 0 Å². The summed E-state index contributed by atoms with van der Waals surface area (Å²) in [5.74, 6) is -0.0146. The third-order valence-electron chi connectivity index (χ3n) is 5.76. The van der Waals surface area contributed by atoms with Crippen LogP contribution in [0, 0.1) is 19.8 Å². The lowest BCUT2D eigenvalue weighted by atomic mass is 9.98. The van der Waals surface area contributed by atoms with E-state index in [1.165, 1.54) is 4.90 Å². The fraction of sp³-hybridized carbons (Fsp3) is 0.333. The minimum atomic E-state index is -0.266. The number of anilines is 1. The van der Waals surface area contributed by atoms with E-state index in [9.17, 15) is 9.59 Å². The first-order chi connectivity index (χ1) is 13.9. The fourth-order valence-electron chi connectivity index (χ4n) is 4.36. The van der Waals surface area contributed by atoms with Crippen LogP contribution in [0.1, 0.15) is 36.5 Å². The van der Waals surface area contributed by atoms with Crippen molar-refractivity contribution in [2.24, 2.45) is 5.92 Å². The molecule has 0 saturated carbocycles. The molecule has 0 bridgehead atoms. The Morgan fingerprint density at radius 3 is 2.38 bits per heavy atom. The third kappa shape index (κ3) is 3.58. The van der Waals surface area contributed by atoms with Gasteiger partial charge in [-0.15, -0.1) is 0 Å². The molecule has 0 N–H and O–H groups in total. The van der Waals surface area contributed by atoms with Gasteiger partial charge in [-0.2, -0.15) is 0 Å². The number of hydrogen-bond donors (Lipinski definition) is 0. The van der Waals surface area contributed by atoms with Crippen LogP contribution in [0.4, 0.5) is 5.69 Å². The highest BCUT2D eigenvalue weighted by Crippen LogP contribution is 2.37. The first kappa shape index (κ1) is 19.7. The normalized spacial score (nSPS) is 20.1. The lowest BCUT2D eigenvalue weighted by Gasteiger charge is -2.33. The van der Waals surface area contributed by atoms with E-state index in [0.717, 1.165) is 42.6 Å². The van der Waals surface area contributed by atoms with Crippen LogP contribution >= 0.6 is 11.6 Å². The van der Waals surface area contributed by atoms with Crippen LogP contribution < -0.4 is 4.90 Å². The summed E-state index contributed by atoms with van der Waals surface area (Å²) in [6, 6.07) is 13.0. The van der Waals surface area contributed by atoms with Crippen LogP contribution in [0.15, 0.2) is 48.2 Å². The van der Waals surface area contributed by atoms with E-state index in [1.54, 1.807) is 12.1 Å². The van der Waals surface area contributed by atoms with E-state index in [0.29, 0.717) is 27.9 Å². The minimum Gasteiger partial charge on any atom is -0.366 e. The summed E-state index contributed by atoms with van der Waals surface area (Å²) in [4.78, 5) is 30.6. The molecule has 0 spiro atoms. The summed E-state index contributed by atoms with van der Waals surface area (Å²) in [5, 5.41) is 0.602. The van der Waals surface area contributed by atoms with Gasteiger partial charge in [-0.1, -0.05) is 48.4 Å². The van der Waals surface area contributed by atoms with E-state index in [4.69, 9.17) is 11.6 Å². The Morgan fingerprint density at radius 1 is 1.00 bits per heavy atom. The Kier molecular flexibility index (Phi) is 5.22. The standard InChI is InChI=1S/C24H25ClN2O2/c1-15-6-11-20(17(3)13-15)27-23(28)21(18-7-9-19(25)10-8-18)22(24(27)29)26-12-4-5-16(2)14-26/h6-11,13,16H,4-5,12,14H2,1-3H3. The van der Waals surface area contributed by atoms with Gasteiger partial charge in [-0.25, -0.2) is 4.90 Å². The molecule has 4 nitrogen and oxygen atoms in total. The molecule has 2 aliphatic heterocycles. The lowest BCUT2D eigenvalue weighted by Crippen LogP contribution is -2.39. The lowest BCUT2D eigenvalue weighted by molar-refractivity contribution is -0.120. The van der Waals surface area contributed by atoms with E-state index < -0.39 is 0 Å². The van der Waals surface area contributed by atoms with Gasteiger partial charge in [0.1, 0.15) is 5.70 Å². The molecule has 2 aliphatic rings. The molecule has 1 fully saturated rings. The molecule has 1 unspecified atom stereocenters. The SMILES string of the molecule is Cc1ccc(N2C(=O)C(c3ccc(Cl)cc3)=C(N3CCCC(C)C3)C2=O)c(C)c1. The molecule has 1 saturated heterocycles. The number of carbonyl (C=O) groups excluding carboxylic acids is 2. The Labute approximate surface area is 176 Å². The second kappa shape index (κ2) is 7.68. The number of rotatable bonds is 3. The van der Waals surface area contributed by atoms with Gasteiger partial charge in [0.05, 0.1) is 11.3 Å². The summed E-state index contributed by atoms with van der Waals surface area (Å²) >= 11 is 6.06. The molecule has 4 rings (SSSR count). The van der Waals surface area contributed by atoms with Crippen molar-refractivity contribution in [1.82, 2.24) is 4.90 Å². The Morgan fingerprint density at radius 2 is 1.72 bits per heavy atom. The van der Waals surface area contributed by atoms with Crippen molar-refractivity contribution in [3.8, 4) is 0 Å². The second-order valence-electron chi connectivity index (χ2n) is 8.16. The number of benzene rings is 2. The molecule has 1 atom stereocenters. The largest absolute Gasteiger partial charge is 0.366 e. The summed E-state index contributed by atoms with van der Waals surface area (Å²) in [6.07, 6.45) is 2.16. The number of imide groups is 1. The van der Waals surface area contributed by atoms with Crippen molar-refractivity contribution in [2.75, 3.05) is 18.0 Å². The number of nitrogens with zero attached hydrogens (tertiary/aromatic N) is 2. The van der Waals surface area contributed by atoms with Crippen molar-refractivity contribution in [3.05, 3.63) is 69.9 Å². The van der Waals surface area contributed by atoms with Crippen LogP contribution in [0.3, 0.4) is 0 Å². The fourth-order valence-corrected chi connectivity index (χ4v) is 4.48. The molecule has 2 amide bonds. The first-order valence-electron chi connectivity index (χ1n) is 10.1. The van der Waals surface area contributed by atoms with Crippen molar-refractivity contribution < 1.29 is 9.59 Å². The number of halogens is 1. The molecule has 0 radical (unpaired) electrons. The van der Waals surface area contributed by atoms with Crippen molar-refractivity contribution in [1.29, 1.82) is 0 Å². The van der Waals surface area contributed by atoms with Gasteiger partial charge < -0.3 is 4.90 Å². The molecular formula is C24H25ClN2O2. The number of aryl methyl sites for hydroxylation is 2. The van der Waals surface area contributed by atoms with E-state index >= 15 is 0 Å². The third-order valence-corrected chi connectivity index (χ3v) is 6.01. The summed E-state index contributed by atoms with van der Waals surface area (Å²) in [5.41, 5.74) is 4.38. The average Bonchev–Trinajstić information content (AvgIpc) is 2.93. The van der Waals surface area contributed by atoms with E-state index in [2.05, 4.69) is 11.8 Å². The van der Waals surface area contributed by atoms with Gasteiger partial charge >= 0.3 is 0 Å². The van der Waals surface area contributed by atoms with E-state index in [1.807, 2.05) is 44.2 Å². The zero-order valence-electron chi connectivity index (χ0n) is 17.0. The first-order valence-corrected chi connectivity index (χ1v) is 10.5. The highest BCUT2D eigenvalue weighted by Gasteiger charge is 2.43. The molecule has 29 heavy (non-hydrogen) atoms. The molecule has 5 heteroatoms. The van der Waals surface area contributed by atoms with Crippen molar-refractivity contribution in [3.63, 3.8) is 0 Å². The van der Waals surface area contributed by atoms with E-state index in [-0.39, 0.29) is 11.8 Å². The van der Waals surface area contributed by atoms with Gasteiger partial charge in [0.2, 0.25) is 0 Å². The Bertz CT molecular complexity index is 1010. The molecule has 2 heterocycles. The number of piperidine rings is 1. The predicted octanol–water partition coefficient (Wildman–Crippen LogP) is 4.97. The summed E-state index contributed by atoms with van der Waals surface area (Å²) in [6.45, 7) is 7.70. The second-order valence-corrected chi connectivity index (χ2v) is 8.60. The molecular weight excluding hydrogens is 384 g/mol. The van der Waals surface area contributed by atoms with Crippen LogP contribution in [-0.2, 0) is 9.59 Å². The number of amides is 2. The highest BCUT2D eigenvalue weighted by molar-refractivity contribution is 6.45. The Balaban J connectivity index is 1.84. The van der Waals surface area contributed by atoms with Crippen molar-refractivity contribution >= 4 is 34.7 Å².